The van der Waals surface area contributed by atoms with Crippen LogP contribution in [0.25, 0.3) is 11.3 Å². The van der Waals surface area contributed by atoms with E-state index in [2.05, 4.69) is 15.5 Å². The normalized spacial score (nSPS) is 10.2. The number of hydrogen-bond acceptors (Lipinski definition) is 3. The van der Waals surface area contributed by atoms with Crippen molar-refractivity contribution in [1.29, 1.82) is 0 Å². The number of benzene rings is 1. The van der Waals surface area contributed by atoms with Crippen molar-refractivity contribution in [1.82, 2.24) is 10.2 Å². The predicted octanol–water partition coefficient (Wildman–Crippen LogP) is 2.46. The first-order chi connectivity index (χ1) is 7.70. The van der Waals surface area contributed by atoms with Gasteiger partial charge in [-0.3, -0.25) is 0 Å². The van der Waals surface area contributed by atoms with Crippen LogP contribution in [0.4, 0.5) is 14.6 Å². The minimum Gasteiger partial charge on any atom is -0.372 e. The Morgan fingerprint density at radius 1 is 1.06 bits per heavy atom. The molecule has 0 amide bonds. The molecule has 2 aromatic rings. The molecule has 82 valence electrons. The van der Waals surface area contributed by atoms with Gasteiger partial charge in [0.05, 0.1) is 5.69 Å². The Kier molecular flexibility index (Phi) is 2.76. The van der Waals surface area contributed by atoms with E-state index in [1.54, 1.807) is 19.2 Å². The van der Waals surface area contributed by atoms with Gasteiger partial charge in [0.1, 0.15) is 17.5 Å². The third kappa shape index (κ3) is 1.98. The van der Waals surface area contributed by atoms with Gasteiger partial charge in [-0.25, -0.2) is 8.78 Å². The predicted molar refractivity (Wildman–Crippen MR) is 56.9 cm³/mol. The van der Waals surface area contributed by atoms with Gasteiger partial charge in [-0.1, -0.05) is 0 Å². The molecule has 0 aliphatic carbocycles. The summed E-state index contributed by atoms with van der Waals surface area (Å²) in [7, 11) is 1.70. The van der Waals surface area contributed by atoms with Crippen LogP contribution in [0.2, 0.25) is 0 Å². The first-order valence-corrected chi connectivity index (χ1v) is 4.67. The largest absolute Gasteiger partial charge is 0.372 e. The number of rotatable bonds is 2. The van der Waals surface area contributed by atoms with Crippen molar-refractivity contribution in [2.75, 3.05) is 12.4 Å². The maximum Gasteiger partial charge on any atom is 0.148 e. The van der Waals surface area contributed by atoms with E-state index in [9.17, 15) is 8.78 Å². The summed E-state index contributed by atoms with van der Waals surface area (Å²) in [5, 5.41) is 10.4. The van der Waals surface area contributed by atoms with E-state index in [4.69, 9.17) is 0 Å². The molecule has 0 spiro atoms. The van der Waals surface area contributed by atoms with Gasteiger partial charge in [0.15, 0.2) is 0 Å². The SMILES string of the molecule is CNc1ccc(-c2cc(F)ccc2F)nn1. The molecular formula is C11H9F2N3. The number of hydrogen-bond donors (Lipinski definition) is 1. The van der Waals surface area contributed by atoms with E-state index in [0.29, 0.717) is 11.5 Å². The van der Waals surface area contributed by atoms with E-state index in [1.165, 1.54) is 0 Å². The van der Waals surface area contributed by atoms with E-state index >= 15 is 0 Å². The third-order valence-electron chi connectivity index (χ3n) is 2.13. The van der Waals surface area contributed by atoms with Crippen molar-refractivity contribution >= 4 is 5.82 Å². The summed E-state index contributed by atoms with van der Waals surface area (Å²) in [6.07, 6.45) is 0. The third-order valence-corrected chi connectivity index (χ3v) is 2.13. The van der Waals surface area contributed by atoms with Crippen molar-refractivity contribution in [3.8, 4) is 11.3 Å². The highest BCUT2D eigenvalue weighted by atomic mass is 19.1. The molecule has 0 radical (unpaired) electrons. The molecule has 0 aliphatic rings. The zero-order valence-corrected chi connectivity index (χ0v) is 8.54. The molecule has 0 unspecified atom stereocenters. The van der Waals surface area contributed by atoms with Crippen LogP contribution in [0.1, 0.15) is 0 Å². The van der Waals surface area contributed by atoms with Crippen LogP contribution in [0, 0.1) is 11.6 Å². The monoisotopic (exact) mass is 221 g/mol. The Labute approximate surface area is 91.1 Å². The molecule has 0 aliphatic heterocycles. The molecule has 16 heavy (non-hydrogen) atoms. The minimum atomic E-state index is -0.520. The van der Waals surface area contributed by atoms with Gasteiger partial charge in [0.2, 0.25) is 0 Å². The lowest BCUT2D eigenvalue weighted by molar-refractivity contribution is 0.602. The first-order valence-electron chi connectivity index (χ1n) is 4.67. The van der Waals surface area contributed by atoms with Crippen LogP contribution >= 0.6 is 0 Å². The number of aromatic nitrogens is 2. The maximum absolute atomic E-state index is 13.4. The van der Waals surface area contributed by atoms with Crippen LogP contribution in [-0.2, 0) is 0 Å². The smallest absolute Gasteiger partial charge is 0.148 e. The molecule has 1 aromatic carbocycles. The van der Waals surface area contributed by atoms with Crippen molar-refractivity contribution < 1.29 is 8.78 Å². The average Bonchev–Trinajstić information content (AvgIpc) is 2.32. The van der Waals surface area contributed by atoms with Gasteiger partial charge < -0.3 is 5.32 Å². The molecule has 0 atom stereocenters. The molecule has 0 saturated heterocycles. The van der Waals surface area contributed by atoms with Crippen LogP contribution < -0.4 is 5.32 Å². The fraction of sp³-hybridized carbons (Fsp3) is 0.0909. The van der Waals surface area contributed by atoms with Crippen molar-refractivity contribution in [3.63, 3.8) is 0 Å². The highest BCUT2D eigenvalue weighted by Gasteiger charge is 2.08. The molecule has 3 nitrogen and oxygen atoms in total. The summed E-state index contributed by atoms with van der Waals surface area (Å²) in [4.78, 5) is 0. The average molecular weight is 221 g/mol. The zero-order valence-electron chi connectivity index (χ0n) is 8.54. The van der Waals surface area contributed by atoms with Gasteiger partial charge in [-0.05, 0) is 30.3 Å². The topological polar surface area (TPSA) is 37.8 Å². The molecule has 0 fully saturated rings. The quantitative estimate of drug-likeness (QED) is 0.846. The Hall–Kier alpha value is -2.04. The van der Waals surface area contributed by atoms with Crippen LogP contribution in [0.15, 0.2) is 30.3 Å². The summed E-state index contributed by atoms with van der Waals surface area (Å²) in [6.45, 7) is 0. The molecule has 1 N–H and O–H groups in total. The van der Waals surface area contributed by atoms with Gasteiger partial charge in [-0.2, -0.15) is 0 Å². The summed E-state index contributed by atoms with van der Waals surface area (Å²) >= 11 is 0. The molecule has 2 rings (SSSR count). The second kappa shape index (κ2) is 4.22. The summed E-state index contributed by atoms with van der Waals surface area (Å²) in [5.41, 5.74) is 0.408. The fourth-order valence-electron chi connectivity index (χ4n) is 1.30. The lowest BCUT2D eigenvalue weighted by atomic mass is 10.1. The van der Waals surface area contributed by atoms with Gasteiger partial charge in [0, 0.05) is 12.6 Å². The Morgan fingerprint density at radius 2 is 1.88 bits per heavy atom. The van der Waals surface area contributed by atoms with Crippen LogP contribution in [0.5, 0.6) is 0 Å². The lowest BCUT2D eigenvalue weighted by Gasteiger charge is -2.03. The van der Waals surface area contributed by atoms with E-state index in [-0.39, 0.29) is 5.56 Å². The second-order valence-electron chi connectivity index (χ2n) is 3.18. The van der Waals surface area contributed by atoms with Gasteiger partial charge in [0.25, 0.3) is 0 Å². The Bertz CT molecular complexity index is 497. The number of anilines is 1. The van der Waals surface area contributed by atoms with Gasteiger partial charge >= 0.3 is 0 Å². The molecule has 0 saturated carbocycles. The molecule has 1 aromatic heterocycles. The van der Waals surface area contributed by atoms with Gasteiger partial charge in [-0.15, -0.1) is 10.2 Å². The van der Waals surface area contributed by atoms with Crippen molar-refractivity contribution in [2.45, 2.75) is 0 Å². The summed E-state index contributed by atoms with van der Waals surface area (Å²) in [6, 6.07) is 6.45. The van der Waals surface area contributed by atoms with Crippen LogP contribution in [-0.4, -0.2) is 17.2 Å². The van der Waals surface area contributed by atoms with Crippen molar-refractivity contribution in [2.24, 2.45) is 0 Å². The van der Waals surface area contributed by atoms with Crippen LogP contribution in [0.3, 0.4) is 0 Å². The first kappa shape index (κ1) is 10.5. The van der Waals surface area contributed by atoms with E-state index in [1.807, 2.05) is 0 Å². The maximum atomic E-state index is 13.4. The van der Waals surface area contributed by atoms with E-state index in [0.717, 1.165) is 18.2 Å². The summed E-state index contributed by atoms with van der Waals surface area (Å²) in [5.74, 6) is -0.454. The second-order valence-corrected chi connectivity index (χ2v) is 3.18. The number of nitrogens with zero attached hydrogens (tertiary/aromatic N) is 2. The molecule has 5 heteroatoms. The minimum absolute atomic E-state index is 0.107. The fourth-order valence-corrected chi connectivity index (χ4v) is 1.30. The number of halogens is 2. The zero-order chi connectivity index (χ0) is 11.5. The van der Waals surface area contributed by atoms with Crippen molar-refractivity contribution in [3.05, 3.63) is 42.0 Å². The highest BCUT2D eigenvalue weighted by molar-refractivity contribution is 5.60. The molecule has 0 bridgehead atoms. The number of nitrogens with one attached hydrogen (secondary N) is 1. The molecular weight excluding hydrogens is 212 g/mol. The highest BCUT2D eigenvalue weighted by Crippen LogP contribution is 2.21. The Balaban J connectivity index is 2.45. The molecule has 1 heterocycles. The van der Waals surface area contributed by atoms with E-state index < -0.39 is 11.6 Å². The standard InChI is InChI=1S/C11H9F2N3/c1-14-11-5-4-10(15-16-11)8-6-7(12)2-3-9(8)13/h2-6H,1H3,(H,14,16). The lowest BCUT2D eigenvalue weighted by Crippen LogP contribution is -1.96. The Morgan fingerprint density at radius 3 is 2.50 bits per heavy atom. The summed E-state index contributed by atoms with van der Waals surface area (Å²) < 4.78 is 26.3.